The number of hydrogen-bond acceptors (Lipinski definition) is 3. The highest BCUT2D eigenvalue weighted by Gasteiger charge is 2.42. The number of aromatic nitrogens is 1. The maximum atomic E-state index is 10.7. The Kier molecular flexibility index (Phi) is 4.51. The molecule has 2 fully saturated rings. The number of ether oxygens (including phenoxy) is 1. The van der Waals surface area contributed by atoms with Crippen LogP contribution in [-0.4, -0.2) is 22.3 Å². The van der Waals surface area contributed by atoms with Crippen molar-refractivity contribution in [1.82, 2.24) is 4.98 Å². The molecule has 0 bridgehead atoms. The number of hydrogen-bond donors (Lipinski definition) is 1. The molecule has 2 heterocycles. The minimum Gasteiger partial charge on any atom is -0.386 e. The predicted molar refractivity (Wildman–Crippen MR) is 84.5 cm³/mol. The van der Waals surface area contributed by atoms with Gasteiger partial charge in [-0.25, -0.2) is 0 Å². The highest BCUT2D eigenvalue weighted by atomic mass is 79.9. The van der Waals surface area contributed by atoms with E-state index in [9.17, 15) is 5.11 Å². The molecule has 0 radical (unpaired) electrons. The smallest absolute Gasteiger partial charge is 0.100 e. The molecule has 1 aromatic heterocycles. The van der Waals surface area contributed by atoms with Crippen molar-refractivity contribution >= 4 is 31.9 Å². The summed E-state index contributed by atoms with van der Waals surface area (Å²) in [6.45, 7) is 0.760. The van der Waals surface area contributed by atoms with Crippen LogP contribution in [0.1, 0.15) is 50.3 Å². The van der Waals surface area contributed by atoms with E-state index in [1.165, 1.54) is 12.8 Å². The Morgan fingerprint density at radius 1 is 1.35 bits per heavy atom. The van der Waals surface area contributed by atoms with Crippen molar-refractivity contribution in [2.75, 3.05) is 6.61 Å². The van der Waals surface area contributed by atoms with Crippen LogP contribution in [0.3, 0.4) is 0 Å². The van der Waals surface area contributed by atoms with Crippen molar-refractivity contribution in [3.8, 4) is 0 Å². The van der Waals surface area contributed by atoms with Gasteiger partial charge in [0.2, 0.25) is 0 Å². The molecule has 2 aliphatic rings. The van der Waals surface area contributed by atoms with Crippen LogP contribution < -0.4 is 0 Å². The molecule has 3 nitrogen and oxygen atoms in total. The van der Waals surface area contributed by atoms with E-state index in [-0.39, 0.29) is 11.5 Å². The predicted octanol–water partition coefficient (Wildman–Crippen LogP) is 4.38. The molecule has 3 rings (SSSR count). The number of pyridine rings is 1. The van der Waals surface area contributed by atoms with Crippen LogP contribution in [0, 0.1) is 5.92 Å². The summed E-state index contributed by atoms with van der Waals surface area (Å²) < 4.78 is 7.82. The van der Waals surface area contributed by atoms with Gasteiger partial charge in [0.1, 0.15) is 6.10 Å². The van der Waals surface area contributed by atoms with Gasteiger partial charge >= 0.3 is 0 Å². The van der Waals surface area contributed by atoms with Crippen LogP contribution in [0.25, 0.3) is 0 Å². The topological polar surface area (TPSA) is 42.4 Å². The van der Waals surface area contributed by atoms with Gasteiger partial charge < -0.3 is 9.84 Å². The SMILES string of the molecule is OC(c1ncc(Br)cc1Br)C1CCOC2(CCCC2)C1. The monoisotopic (exact) mass is 403 g/mol. The third kappa shape index (κ3) is 2.96. The van der Waals surface area contributed by atoms with E-state index >= 15 is 0 Å². The first kappa shape index (κ1) is 14.9. The second kappa shape index (κ2) is 6.03. The van der Waals surface area contributed by atoms with Gasteiger partial charge in [-0.15, -0.1) is 0 Å². The summed E-state index contributed by atoms with van der Waals surface area (Å²) in [5.74, 6) is 0.242. The molecule has 20 heavy (non-hydrogen) atoms. The molecular weight excluding hydrogens is 386 g/mol. The number of rotatable bonds is 2. The quantitative estimate of drug-likeness (QED) is 0.795. The molecule has 110 valence electrons. The van der Waals surface area contributed by atoms with E-state index in [4.69, 9.17) is 4.74 Å². The highest BCUT2D eigenvalue weighted by molar-refractivity contribution is 9.11. The third-order valence-corrected chi connectivity index (χ3v) is 5.68. The maximum absolute atomic E-state index is 10.7. The maximum Gasteiger partial charge on any atom is 0.100 e. The minimum atomic E-state index is -0.515. The Morgan fingerprint density at radius 3 is 2.80 bits per heavy atom. The van der Waals surface area contributed by atoms with Crippen molar-refractivity contribution in [2.24, 2.45) is 5.92 Å². The van der Waals surface area contributed by atoms with Gasteiger partial charge in [-0.1, -0.05) is 12.8 Å². The number of aliphatic hydroxyl groups is 1. The van der Waals surface area contributed by atoms with E-state index in [1.54, 1.807) is 6.20 Å². The average molecular weight is 405 g/mol. The molecule has 1 aliphatic carbocycles. The highest BCUT2D eigenvalue weighted by Crippen LogP contribution is 2.45. The Labute approximate surface area is 136 Å². The van der Waals surface area contributed by atoms with E-state index in [1.807, 2.05) is 6.07 Å². The van der Waals surface area contributed by atoms with E-state index in [0.717, 1.165) is 46.9 Å². The van der Waals surface area contributed by atoms with Crippen molar-refractivity contribution in [3.05, 3.63) is 26.9 Å². The van der Waals surface area contributed by atoms with Gasteiger partial charge in [-0.3, -0.25) is 4.98 Å². The van der Waals surface area contributed by atoms with Crippen molar-refractivity contribution in [1.29, 1.82) is 0 Å². The van der Waals surface area contributed by atoms with Crippen molar-refractivity contribution in [3.63, 3.8) is 0 Å². The van der Waals surface area contributed by atoms with E-state index < -0.39 is 6.10 Å². The molecule has 1 N–H and O–H groups in total. The molecule has 0 amide bonds. The molecule has 5 heteroatoms. The van der Waals surface area contributed by atoms with Crippen LogP contribution in [-0.2, 0) is 4.74 Å². The lowest BCUT2D eigenvalue weighted by Gasteiger charge is -2.40. The normalized spacial score (nSPS) is 26.9. The Bertz CT molecular complexity index is 489. The summed E-state index contributed by atoms with van der Waals surface area (Å²) in [6, 6.07) is 1.94. The Hall–Kier alpha value is 0.0300. The largest absolute Gasteiger partial charge is 0.386 e. The fraction of sp³-hybridized carbons (Fsp3) is 0.667. The summed E-state index contributed by atoms with van der Waals surface area (Å²) in [4.78, 5) is 4.38. The third-order valence-electron chi connectivity index (χ3n) is 4.61. The number of aliphatic hydroxyl groups excluding tert-OH is 1. The molecular formula is C15H19Br2NO2. The fourth-order valence-electron chi connectivity index (χ4n) is 3.57. The van der Waals surface area contributed by atoms with Gasteiger partial charge in [0.15, 0.2) is 0 Å². The zero-order valence-electron chi connectivity index (χ0n) is 11.3. The molecule has 2 atom stereocenters. The number of halogens is 2. The summed E-state index contributed by atoms with van der Waals surface area (Å²) >= 11 is 6.90. The zero-order chi connectivity index (χ0) is 14.2. The first-order valence-corrected chi connectivity index (χ1v) is 8.81. The molecule has 2 unspecified atom stereocenters. The summed E-state index contributed by atoms with van der Waals surface area (Å²) in [5, 5.41) is 10.7. The van der Waals surface area contributed by atoms with Crippen molar-refractivity contribution < 1.29 is 9.84 Å². The van der Waals surface area contributed by atoms with Gasteiger partial charge in [0.05, 0.1) is 11.3 Å². The van der Waals surface area contributed by atoms with Gasteiger partial charge in [0.25, 0.3) is 0 Å². The summed E-state index contributed by atoms with van der Waals surface area (Å²) in [6.07, 6.45) is 7.89. The van der Waals surface area contributed by atoms with E-state index in [0.29, 0.717) is 0 Å². The first-order chi connectivity index (χ1) is 9.60. The van der Waals surface area contributed by atoms with Crippen molar-refractivity contribution in [2.45, 2.75) is 50.2 Å². The molecule has 1 saturated carbocycles. The van der Waals surface area contributed by atoms with Crippen LogP contribution >= 0.6 is 31.9 Å². The van der Waals surface area contributed by atoms with E-state index in [2.05, 4.69) is 36.8 Å². The van der Waals surface area contributed by atoms with Crippen LogP contribution in [0.2, 0.25) is 0 Å². The number of nitrogens with zero attached hydrogens (tertiary/aromatic N) is 1. The molecule has 1 aromatic rings. The van der Waals surface area contributed by atoms with Gasteiger partial charge in [-0.2, -0.15) is 0 Å². The lowest BCUT2D eigenvalue weighted by molar-refractivity contribution is -0.113. The average Bonchev–Trinajstić information content (AvgIpc) is 2.86. The summed E-state index contributed by atoms with van der Waals surface area (Å²) in [7, 11) is 0. The van der Waals surface area contributed by atoms with Crippen LogP contribution in [0.15, 0.2) is 21.2 Å². The Balaban J connectivity index is 1.77. The Morgan fingerprint density at radius 2 is 2.10 bits per heavy atom. The first-order valence-electron chi connectivity index (χ1n) is 7.23. The van der Waals surface area contributed by atoms with Gasteiger partial charge in [-0.05, 0) is 69.5 Å². The minimum absolute atomic E-state index is 0.0335. The van der Waals surface area contributed by atoms with Crippen LogP contribution in [0.5, 0.6) is 0 Å². The van der Waals surface area contributed by atoms with Gasteiger partial charge in [0, 0.05) is 21.7 Å². The summed E-state index contributed by atoms with van der Waals surface area (Å²) in [5.41, 5.74) is 0.777. The lowest BCUT2D eigenvalue weighted by atomic mass is 9.81. The molecule has 1 saturated heterocycles. The second-order valence-electron chi connectivity index (χ2n) is 5.96. The second-order valence-corrected chi connectivity index (χ2v) is 7.73. The standard InChI is InChI=1S/C15H19Br2NO2/c16-11-7-12(17)13(18-9-11)14(19)10-3-6-20-15(8-10)4-1-2-5-15/h7,9-10,14,19H,1-6,8H2. The lowest BCUT2D eigenvalue weighted by Crippen LogP contribution is -2.39. The fourth-order valence-corrected chi connectivity index (χ4v) is 4.79. The molecule has 1 spiro atoms. The molecule has 1 aliphatic heterocycles. The molecule has 0 aromatic carbocycles. The van der Waals surface area contributed by atoms with Crippen LogP contribution in [0.4, 0.5) is 0 Å². The zero-order valence-corrected chi connectivity index (χ0v) is 14.5.